The van der Waals surface area contributed by atoms with E-state index in [1.807, 2.05) is 22.7 Å². The van der Waals surface area contributed by atoms with E-state index in [0.29, 0.717) is 0 Å². The van der Waals surface area contributed by atoms with Crippen molar-refractivity contribution >= 4 is 45.7 Å². The van der Waals surface area contributed by atoms with E-state index in [1.54, 1.807) is 6.92 Å². The zero-order chi connectivity index (χ0) is 13.9. The van der Waals surface area contributed by atoms with Gasteiger partial charge in [-0.25, -0.2) is 0 Å². The van der Waals surface area contributed by atoms with E-state index in [9.17, 15) is 4.79 Å². The van der Waals surface area contributed by atoms with Crippen LogP contribution in [0.4, 0.5) is 0 Å². The molecule has 0 radical (unpaired) electrons. The Morgan fingerprint density at radius 3 is 2.11 bits per heavy atom. The number of amides is 1. The molecule has 2 rings (SSSR count). The summed E-state index contributed by atoms with van der Waals surface area (Å²) in [7, 11) is -1.88. The zero-order valence-corrected chi connectivity index (χ0v) is 14.1. The van der Waals surface area contributed by atoms with Crippen molar-refractivity contribution in [1.82, 2.24) is 5.32 Å². The van der Waals surface area contributed by atoms with Crippen molar-refractivity contribution < 1.29 is 4.79 Å². The fourth-order valence-electron chi connectivity index (χ4n) is 2.51. The first-order valence-electron chi connectivity index (χ1n) is 6.44. The van der Waals surface area contributed by atoms with Crippen LogP contribution in [-0.2, 0) is 4.79 Å². The minimum Gasteiger partial charge on any atom is -0.355 e. The van der Waals surface area contributed by atoms with Gasteiger partial charge in [-0.05, 0) is 26.2 Å². The lowest BCUT2D eigenvalue weighted by molar-refractivity contribution is -0.119. The van der Waals surface area contributed by atoms with Gasteiger partial charge in [0.25, 0.3) is 0 Å². The Morgan fingerprint density at radius 1 is 1.26 bits per heavy atom. The van der Waals surface area contributed by atoms with Gasteiger partial charge in [0.15, 0.2) is 8.07 Å². The van der Waals surface area contributed by atoms with Gasteiger partial charge in [-0.1, -0.05) is 37.7 Å². The van der Waals surface area contributed by atoms with Crippen LogP contribution in [0.25, 0.3) is 0 Å². The molecule has 1 atom stereocenters. The topological polar surface area (TPSA) is 29.1 Å². The largest absolute Gasteiger partial charge is 0.355 e. The number of nitrogens with one attached hydrogen (secondary N) is 1. The molecular weight excluding hydrogens is 290 g/mol. The molecule has 0 aliphatic heterocycles. The Morgan fingerprint density at radius 2 is 1.79 bits per heavy atom. The van der Waals surface area contributed by atoms with Gasteiger partial charge in [0.05, 0.1) is 0 Å². The van der Waals surface area contributed by atoms with Crippen LogP contribution in [0.1, 0.15) is 20.3 Å². The smallest absolute Gasteiger partial charge is 0.216 e. The normalized spacial score (nSPS) is 13.2. The minimum absolute atomic E-state index is 0.0682. The zero-order valence-electron chi connectivity index (χ0n) is 11.5. The molecule has 0 aromatic carbocycles. The third kappa shape index (κ3) is 2.83. The van der Waals surface area contributed by atoms with Crippen molar-refractivity contribution in [2.45, 2.75) is 32.5 Å². The van der Waals surface area contributed by atoms with Gasteiger partial charge in [0, 0.05) is 12.6 Å². The van der Waals surface area contributed by atoms with Crippen molar-refractivity contribution in [1.29, 1.82) is 0 Å². The van der Waals surface area contributed by atoms with E-state index in [-0.39, 0.29) is 11.6 Å². The molecule has 2 nitrogen and oxygen atoms in total. The summed E-state index contributed by atoms with van der Waals surface area (Å²) in [5.41, 5.74) is 0.252. The Kier molecular flexibility index (Phi) is 4.60. The van der Waals surface area contributed by atoms with Gasteiger partial charge in [-0.15, -0.1) is 0 Å². The van der Waals surface area contributed by atoms with Crippen LogP contribution in [0.5, 0.6) is 0 Å². The predicted octanol–water partition coefficient (Wildman–Crippen LogP) is 2.46. The van der Waals surface area contributed by atoms with Crippen molar-refractivity contribution in [3.63, 3.8) is 0 Å². The SMILES string of the molecule is CCC(NC(C)=O)[Si](C)(c1cccs1)c1cccs1. The Bertz CT molecular complexity index is 487. The van der Waals surface area contributed by atoms with Gasteiger partial charge >= 0.3 is 0 Å². The summed E-state index contributed by atoms with van der Waals surface area (Å²) in [4.78, 5) is 11.5. The van der Waals surface area contributed by atoms with E-state index < -0.39 is 8.07 Å². The lowest BCUT2D eigenvalue weighted by Crippen LogP contribution is -2.67. The molecule has 2 heterocycles. The molecule has 0 fully saturated rings. The number of thiophene rings is 2. The maximum atomic E-state index is 11.5. The molecular formula is C14H19NOS2Si. The van der Waals surface area contributed by atoms with Gasteiger partial charge < -0.3 is 5.32 Å². The quantitative estimate of drug-likeness (QED) is 0.845. The molecule has 19 heavy (non-hydrogen) atoms. The first-order chi connectivity index (χ1) is 9.09. The molecule has 2 aromatic heterocycles. The number of hydrogen-bond acceptors (Lipinski definition) is 3. The third-order valence-electron chi connectivity index (χ3n) is 3.55. The van der Waals surface area contributed by atoms with Gasteiger partial charge in [0.1, 0.15) is 0 Å². The fourth-order valence-corrected chi connectivity index (χ4v) is 10.6. The van der Waals surface area contributed by atoms with E-state index in [4.69, 9.17) is 0 Å². The molecule has 1 amide bonds. The minimum atomic E-state index is -1.88. The second-order valence-electron chi connectivity index (χ2n) is 4.82. The third-order valence-corrected chi connectivity index (χ3v) is 12.5. The molecule has 0 aliphatic carbocycles. The van der Waals surface area contributed by atoms with Crippen LogP contribution in [0.2, 0.25) is 6.55 Å². The first-order valence-corrected chi connectivity index (χ1v) is 10.8. The summed E-state index contributed by atoms with van der Waals surface area (Å²) in [5.74, 6) is 0.0682. The van der Waals surface area contributed by atoms with Gasteiger partial charge in [-0.2, -0.15) is 22.7 Å². The molecule has 5 heteroatoms. The fraction of sp³-hybridized carbons (Fsp3) is 0.357. The number of hydrogen-bond donors (Lipinski definition) is 1. The molecule has 0 aliphatic rings. The second kappa shape index (κ2) is 6.03. The lowest BCUT2D eigenvalue weighted by atomic mass is 10.4. The highest BCUT2D eigenvalue weighted by Gasteiger charge is 2.41. The predicted molar refractivity (Wildman–Crippen MR) is 87.4 cm³/mol. The molecule has 1 N–H and O–H groups in total. The molecule has 0 saturated carbocycles. The maximum absolute atomic E-state index is 11.5. The van der Waals surface area contributed by atoms with Crippen LogP contribution in [0.3, 0.4) is 0 Å². The summed E-state index contributed by atoms with van der Waals surface area (Å²) in [5, 5.41) is 7.45. The monoisotopic (exact) mass is 309 g/mol. The summed E-state index contributed by atoms with van der Waals surface area (Å²) >= 11 is 3.63. The Balaban J connectivity index is 2.48. The van der Waals surface area contributed by atoms with E-state index in [1.165, 1.54) is 9.00 Å². The Hall–Kier alpha value is -0.913. The van der Waals surface area contributed by atoms with E-state index in [2.05, 4.69) is 53.8 Å². The van der Waals surface area contributed by atoms with Gasteiger partial charge in [0.2, 0.25) is 5.91 Å². The van der Waals surface area contributed by atoms with Crippen molar-refractivity contribution in [3.05, 3.63) is 35.0 Å². The standard InChI is InChI=1S/C14H19NOS2Si/c1-4-12(15-11(2)16)19(3,13-7-5-9-17-13)14-8-6-10-18-14/h5-10,12H,4H2,1-3H3,(H,15,16). The maximum Gasteiger partial charge on any atom is 0.216 e. The van der Waals surface area contributed by atoms with E-state index in [0.717, 1.165) is 6.42 Å². The Labute approximate surface area is 123 Å². The molecule has 0 saturated heterocycles. The van der Waals surface area contributed by atoms with Crippen LogP contribution < -0.4 is 14.3 Å². The average molecular weight is 310 g/mol. The first kappa shape index (κ1) is 14.5. The van der Waals surface area contributed by atoms with Crippen molar-refractivity contribution in [3.8, 4) is 0 Å². The van der Waals surface area contributed by atoms with Crippen LogP contribution in [0.15, 0.2) is 35.0 Å². The number of rotatable bonds is 5. The summed E-state index contributed by atoms with van der Waals surface area (Å²) in [6, 6.07) is 8.67. The molecule has 2 aromatic rings. The molecule has 0 spiro atoms. The van der Waals surface area contributed by atoms with Crippen LogP contribution >= 0.6 is 22.7 Å². The van der Waals surface area contributed by atoms with Crippen molar-refractivity contribution in [2.24, 2.45) is 0 Å². The van der Waals surface area contributed by atoms with E-state index >= 15 is 0 Å². The highest BCUT2D eigenvalue weighted by atomic mass is 32.1. The molecule has 102 valence electrons. The second-order valence-corrected chi connectivity index (χ2v) is 11.6. The van der Waals surface area contributed by atoms with Gasteiger partial charge in [-0.3, -0.25) is 4.79 Å². The number of carbonyl (C=O) groups is 1. The van der Waals surface area contributed by atoms with Crippen LogP contribution in [0, 0.1) is 0 Å². The summed E-state index contributed by atoms with van der Waals surface area (Å²) in [6.45, 7) is 6.14. The lowest BCUT2D eigenvalue weighted by Gasteiger charge is -2.34. The molecule has 1 unspecified atom stereocenters. The van der Waals surface area contributed by atoms with Crippen molar-refractivity contribution in [2.75, 3.05) is 0 Å². The summed E-state index contributed by atoms with van der Waals surface area (Å²) in [6.07, 6.45) is 0.970. The number of carbonyl (C=O) groups excluding carboxylic acids is 1. The van der Waals surface area contributed by atoms with Crippen LogP contribution in [-0.4, -0.2) is 19.6 Å². The molecule has 0 bridgehead atoms. The highest BCUT2D eigenvalue weighted by molar-refractivity contribution is 7.36. The highest BCUT2D eigenvalue weighted by Crippen LogP contribution is 2.18. The summed E-state index contributed by atoms with van der Waals surface area (Å²) < 4.78 is 2.88. The average Bonchev–Trinajstić information content (AvgIpc) is 3.06.